The standard InChI is InChI=1S/C40H29N5/c1-26-16-20-35-32(23-26)33-24-27(2)17-21-36(33)45(35)37-25-30(18-19-31(37)34-15-9-10-22-41-34)40-43-38(28-11-5-3-6-12-28)42-39(44-40)29-13-7-4-8-14-29/h3-25H,1-2H3. The van der Waals surface area contributed by atoms with E-state index < -0.39 is 0 Å². The van der Waals surface area contributed by atoms with Gasteiger partial charge in [0, 0.05) is 39.2 Å². The van der Waals surface area contributed by atoms with Crippen LogP contribution in [-0.2, 0) is 0 Å². The lowest BCUT2D eigenvalue weighted by Crippen LogP contribution is -2.02. The molecule has 8 aromatic rings. The van der Waals surface area contributed by atoms with E-state index in [9.17, 15) is 0 Å². The Balaban J connectivity index is 1.42. The maximum atomic E-state index is 5.02. The van der Waals surface area contributed by atoms with Crippen LogP contribution in [0, 0.1) is 13.8 Å². The topological polar surface area (TPSA) is 56.5 Å². The summed E-state index contributed by atoms with van der Waals surface area (Å²) in [7, 11) is 0. The highest BCUT2D eigenvalue weighted by Gasteiger charge is 2.19. The SMILES string of the molecule is Cc1ccc2c(c1)c1cc(C)ccc1n2-c1cc(-c2nc(-c3ccccc3)nc(-c3ccccc3)n2)ccc1-c1ccccn1. The molecule has 0 bridgehead atoms. The molecule has 8 rings (SSSR count). The van der Waals surface area contributed by atoms with Crippen molar-refractivity contribution >= 4 is 21.8 Å². The van der Waals surface area contributed by atoms with Gasteiger partial charge in [-0.25, -0.2) is 15.0 Å². The second kappa shape index (κ2) is 11.0. The first-order valence-electron chi connectivity index (χ1n) is 15.1. The Labute approximate surface area is 261 Å². The molecular formula is C40H29N5. The molecule has 0 aliphatic carbocycles. The van der Waals surface area contributed by atoms with Gasteiger partial charge in [0.05, 0.1) is 22.4 Å². The van der Waals surface area contributed by atoms with Gasteiger partial charge in [-0.1, -0.05) is 96.1 Å². The van der Waals surface area contributed by atoms with Crippen molar-refractivity contribution in [3.05, 3.63) is 151 Å². The Kier molecular flexibility index (Phi) is 6.50. The van der Waals surface area contributed by atoms with Gasteiger partial charge in [0.1, 0.15) is 0 Å². The zero-order valence-electron chi connectivity index (χ0n) is 25.0. The number of aromatic nitrogens is 5. The molecular weight excluding hydrogens is 550 g/mol. The van der Waals surface area contributed by atoms with Crippen LogP contribution >= 0.6 is 0 Å². The predicted molar refractivity (Wildman–Crippen MR) is 183 cm³/mol. The van der Waals surface area contributed by atoms with Gasteiger partial charge in [0.2, 0.25) is 0 Å². The lowest BCUT2D eigenvalue weighted by atomic mass is 10.0. The molecule has 0 unspecified atom stereocenters. The first-order valence-corrected chi connectivity index (χ1v) is 15.1. The summed E-state index contributed by atoms with van der Waals surface area (Å²) in [6.07, 6.45) is 1.84. The minimum absolute atomic E-state index is 0.615. The van der Waals surface area contributed by atoms with Crippen LogP contribution in [0.15, 0.2) is 140 Å². The number of hydrogen-bond donors (Lipinski definition) is 0. The van der Waals surface area contributed by atoms with Crippen LogP contribution < -0.4 is 0 Å². The molecule has 0 atom stereocenters. The predicted octanol–water partition coefficient (Wildman–Crippen LogP) is 9.65. The molecule has 0 spiro atoms. The fourth-order valence-electron chi connectivity index (χ4n) is 6.04. The van der Waals surface area contributed by atoms with Crippen LogP contribution in [0.25, 0.3) is 72.9 Å². The summed E-state index contributed by atoms with van der Waals surface area (Å²) in [6, 6.07) is 46.0. The van der Waals surface area contributed by atoms with E-state index in [4.69, 9.17) is 19.9 Å². The highest BCUT2D eigenvalue weighted by molar-refractivity contribution is 6.10. The molecule has 5 aromatic carbocycles. The molecule has 0 aliphatic heterocycles. The lowest BCUT2D eigenvalue weighted by molar-refractivity contribution is 1.07. The number of rotatable bonds is 5. The molecule has 0 radical (unpaired) electrons. The van der Waals surface area contributed by atoms with Gasteiger partial charge in [-0.05, 0) is 62.4 Å². The molecule has 5 heteroatoms. The van der Waals surface area contributed by atoms with E-state index in [-0.39, 0.29) is 0 Å². The summed E-state index contributed by atoms with van der Waals surface area (Å²) in [5.74, 6) is 1.89. The zero-order valence-corrected chi connectivity index (χ0v) is 25.0. The highest BCUT2D eigenvalue weighted by atomic mass is 15.0. The van der Waals surface area contributed by atoms with Crippen LogP contribution in [0.1, 0.15) is 11.1 Å². The molecule has 0 saturated heterocycles. The van der Waals surface area contributed by atoms with Gasteiger partial charge in [0.15, 0.2) is 17.5 Å². The number of fused-ring (bicyclic) bond motifs is 3. The number of benzene rings is 5. The van der Waals surface area contributed by atoms with Crippen molar-refractivity contribution in [2.45, 2.75) is 13.8 Å². The summed E-state index contributed by atoms with van der Waals surface area (Å²) in [4.78, 5) is 19.7. The first-order chi connectivity index (χ1) is 22.1. The van der Waals surface area contributed by atoms with E-state index in [0.717, 1.165) is 44.7 Å². The fourth-order valence-corrected chi connectivity index (χ4v) is 6.04. The van der Waals surface area contributed by atoms with E-state index in [2.05, 4.69) is 79.1 Å². The van der Waals surface area contributed by atoms with Crippen LogP contribution in [0.2, 0.25) is 0 Å². The summed E-state index contributed by atoms with van der Waals surface area (Å²) < 4.78 is 2.36. The number of pyridine rings is 1. The fraction of sp³-hybridized carbons (Fsp3) is 0.0500. The average molecular weight is 580 g/mol. The Bertz CT molecular complexity index is 2210. The van der Waals surface area contributed by atoms with Crippen LogP contribution in [0.4, 0.5) is 0 Å². The quantitative estimate of drug-likeness (QED) is 0.204. The Morgan fingerprint density at radius 2 is 1.00 bits per heavy atom. The molecule has 3 heterocycles. The normalized spacial score (nSPS) is 11.3. The second-order valence-electron chi connectivity index (χ2n) is 11.4. The van der Waals surface area contributed by atoms with Crippen molar-refractivity contribution in [2.24, 2.45) is 0 Å². The van der Waals surface area contributed by atoms with Gasteiger partial charge >= 0.3 is 0 Å². The average Bonchev–Trinajstić information content (AvgIpc) is 3.41. The summed E-state index contributed by atoms with van der Waals surface area (Å²) in [5, 5.41) is 2.45. The maximum Gasteiger partial charge on any atom is 0.164 e. The van der Waals surface area contributed by atoms with Gasteiger partial charge in [0.25, 0.3) is 0 Å². The van der Waals surface area contributed by atoms with Gasteiger partial charge in [-0.15, -0.1) is 0 Å². The van der Waals surface area contributed by atoms with E-state index in [0.29, 0.717) is 17.5 Å². The molecule has 0 N–H and O–H groups in total. The molecule has 214 valence electrons. The first kappa shape index (κ1) is 26.7. The summed E-state index contributed by atoms with van der Waals surface area (Å²) >= 11 is 0. The largest absolute Gasteiger partial charge is 0.309 e. The van der Waals surface area contributed by atoms with E-state index in [1.54, 1.807) is 0 Å². The number of aryl methyl sites for hydroxylation is 2. The zero-order chi connectivity index (χ0) is 30.3. The molecule has 0 amide bonds. The molecule has 3 aromatic heterocycles. The third kappa shape index (κ3) is 4.85. The molecule has 0 saturated carbocycles. The molecule has 45 heavy (non-hydrogen) atoms. The minimum atomic E-state index is 0.615. The third-order valence-corrected chi connectivity index (χ3v) is 8.21. The van der Waals surface area contributed by atoms with Gasteiger partial charge < -0.3 is 4.57 Å². The minimum Gasteiger partial charge on any atom is -0.309 e. The molecule has 0 fully saturated rings. The number of nitrogens with zero attached hydrogens (tertiary/aromatic N) is 5. The van der Waals surface area contributed by atoms with Crippen molar-refractivity contribution < 1.29 is 0 Å². The van der Waals surface area contributed by atoms with E-state index in [1.807, 2.05) is 79.0 Å². The molecule has 0 aliphatic rings. The smallest absolute Gasteiger partial charge is 0.164 e. The molecule has 5 nitrogen and oxygen atoms in total. The lowest BCUT2D eigenvalue weighted by Gasteiger charge is -2.16. The Morgan fingerprint density at radius 1 is 0.467 bits per heavy atom. The monoisotopic (exact) mass is 579 g/mol. The van der Waals surface area contributed by atoms with Crippen LogP contribution in [-0.4, -0.2) is 24.5 Å². The van der Waals surface area contributed by atoms with Crippen molar-refractivity contribution in [1.82, 2.24) is 24.5 Å². The van der Waals surface area contributed by atoms with Crippen molar-refractivity contribution in [3.8, 4) is 51.1 Å². The third-order valence-electron chi connectivity index (χ3n) is 8.21. The summed E-state index contributed by atoms with van der Waals surface area (Å²) in [5.41, 5.74) is 10.5. The van der Waals surface area contributed by atoms with E-state index >= 15 is 0 Å². The van der Waals surface area contributed by atoms with Gasteiger partial charge in [-0.3, -0.25) is 4.98 Å². The van der Waals surface area contributed by atoms with Crippen molar-refractivity contribution in [1.29, 1.82) is 0 Å². The second-order valence-corrected chi connectivity index (χ2v) is 11.4. The highest BCUT2D eigenvalue weighted by Crippen LogP contribution is 2.38. The van der Waals surface area contributed by atoms with Crippen LogP contribution in [0.5, 0.6) is 0 Å². The van der Waals surface area contributed by atoms with Crippen molar-refractivity contribution in [3.63, 3.8) is 0 Å². The summed E-state index contributed by atoms with van der Waals surface area (Å²) in [6.45, 7) is 4.29. The maximum absolute atomic E-state index is 5.02. The Morgan fingerprint density at radius 3 is 1.53 bits per heavy atom. The Hall–Kier alpha value is -5.94. The van der Waals surface area contributed by atoms with Crippen LogP contribution in [0.3, 0.4) is 0 Å². The van der Waals surface area contributed by atoms with E-state index in [1.165, 1.54) is 21.9 Å². The van der Waals surface area contributed by atoms with Crippen molar-refractivity contribution in [2.75, 3.05) is 0 Å². The number of hydrogen-bond acceptors (Lipinski definition) is 4. The van der Waals surface area contributed by atoms with Gasteiger partial charge in [-0.2, -0.15) is 0 Å².